The first-order valence-corrected chi connectivity index (χ1v) is 10.2. The number of nitrogens with zero attached hydrogens (tertiary/aromatic N) is 1. The normalized spacial score (nSPS) is 21.9. The van der Waals surface area contributed by atoms with E-state index in [2.05, 4.69) is 5.32 Å². The maximum atomic E-state index is 12.6. The van der Waals surface area contributed by atoms with Crippen LogP contribution >= 0.6 is 11.6 Å². The zero-order chi connectivity index (χ0) is 22.6. The summed E-state index contributed by atoms with van der Waals surface area (Å²) in [6, 6.07) is 11.7. The third kappa shape index (κ3) is 6.20. The molecule has 0 bridgehead atoms. The average Bonchev–Trinajstić information content (AvgIpc) is 2.71. The number of carbonyl (C=O) groups excluding carboxylic acids is 1. The number of hydrogen-bond acceptors (Lipinski definition) is 4. The zero-order valence-electron chi connectivity index (χ0n) is 16.7. The summed E-state index contributed by atoms with van der Waals surface area (Å²) in [7, 11) is 0. The molecule has 2 aromatic rings. The molecule has 3 rings (SSSR count). The van der Waals surface area contributed by atoms with Crippen molar-refractivity contribution in [2.45, 2.75) is 37.3 Å². The topological polar surface area (TPSA) is 72.8 Å². The molecule has 1 heterocycles. The molecule has 0 aliphatic carbocycles. The van der Waals surface area contributed by atoms with E-state index in [1.807, 2.05) is 0 Å². The molecule has 2 aromatic carbocycles. The summed E-state index contributed by atoms with van der Waals surface area (Å²) < 4.78 is 37.9. The van der Waals surface area contributed by atoms with Gasteiger partial charge in [0.2, 0.25) is 5.91 Å². The van der Waals surface area contributed by atoms with E-state index in [4.69, 9.17) is 11.6 Å². The van der Waals surface area contributed by atoms with E-state index in [1.165, 1.54) is 17.0 Å². The highest BCUT2D eigenvalue weighted by Gasteiger charge is 2.41. The van der Waals surface area contributed by atoms with Gasteiger partial charge in [-0.05, 0) is 41.8 Å². The molecule has 2 atom stereocenters. The van der Waals surface area contributed by atoms with E-state index in [9.17, 15) is 28.2 Å². The molecule has 1 aliphatic heterocycles. The molecular weight excluding hydrogens is 433 g/mol. The number of aliphatic hydroxyl groups is 2. The van der Waals surface area contributed by atoms with Crippen LogP contribution in [0.2, 0.25) is 5.02 Å². The van der Waals surface area contributed by atoms with Gasteiger partial charge in [-0.15, -0.1) is 0 Å². The van der Waals surface area contributed by atoms with Gasteiger partial charge in [0.15, 0.2) is 0 Å². The average molecular weight is 457 g/mol. The van der Waals surface area contributed by atoms with Crippen LogP contribution in [-0.2, 0) is 23.9 Å². The van der Waals surface area contributed by atoms with Gasteiger partial charge in [-0.2, -0.15) is 13.2 Å². The summed E-state index contributed by atoms with van der Waals surface area (Å²) in [5.41, 5.74) is -0.714. The number of aliphatic hydroxyl groups excluding tert-OH is 1. The van der Waals surface area contributed by atoms with E-state index in [0.29, 0.717) is 17.1 Å². The molecule has 0 unspecified atom stereocenters. The molecule has 1 fully saturated rings. The van der Waals surface area contributed by atoms with Crippen molar-refractivity contribution in [1.82, 2.24) is 10.2 Å². The molecule has 1 aliphatic rings. The van der Waals surface area contributed by atoms with Gasteiger partial charge in [-0.3, -0.25) is 4.79 Å². The lowest BCUT2D eigenvalue weighted by Gasteiger charge is -2.42. The monoisotopic (exact) mass is 456 g/mol. The van der Waals surface area contributed by atoms with Crippen LogP contribution in [0.15, 0.2) is 48.5 Å². The maximum Gasteiger partial charge on any atom is 0.416 e. The lowest BCUT2D eigenvalue weighted by atomic mass is 9.88. The molecule has 9 heteroatoms. The Morgan fingerprint density at radius 2 is 1.74 bits per heavy atom. The number of nitrogens with one attached hydrogen (secondary N) is 1. The Bertz CT molecular complexity index is 890. The first-order valence-electron chi connectivity index (χ1n) is 9.86. The third-order valence-corrected chi connectivity index (χ3v) is 5.74. The van der Waals surface area contributed by atoms with Crippen LogP contribution < -0.4 is 5.32 Å². The predicted molar refractivity (Wildman–Crippen MR) is 110 cm³/mol. The van der Waals surface area contributed by atoms with Crippen LogP contribution in [0.1, 0.15) is 23.1 Å². The van der Waals surface area contributed by atoms with Gasteiger partial charge in [0.25, 0.3) is 0 Å². The lowest BCUT2D eigenvalue weighted by molar-refractivity contribution is -0.148. The minimum atomic E-state index is -4.38. The van der Waals surface area contributed by atoms with E-state index < -0.39 is 23.4 Å². The van der Waals surface area contributed by atoms with Crippen molar-refractivity contribution >= 4 is 17.5 Å². The summed E-state index contributed by atoms with van der Waals surface area (Å²) in [5, 5.41) is 24.8. The summed E-state index contributed by atoms with van der Waals surface area (Å²) in [5.74, 6) is -0.152. The molecule has 168 valence electrons. The molecule has 0 aromatic heterocycles. The number of hydrogen-bond donors (Lipinski definition) is 3. The number of carbonyl (C=O) groups is 1. The maximum absolute atomic E-state index is 12.6. The van der Waals surface area contributed by atoms with Crippen molar-refractivity contribution in [1.29, 1.82) is 0 Å². The summed E-state index contributed by atoms with van der Waals surface area (Å²) >= 11 is 5.85. The Morgan fingerprint density at radius 1 is 1.13 bits per heavy atom. The standard InChI is InChI=1S/C22H24ClF3N2O3/c23-18-7-3-15(4-8-18)11-20(30)28-10-9-21(31,19(29)13-28)14-27-12-16-1-5-17(6-2-16)22(24,25)26/h1-8,19,27,29,31H,9-14H2/t19-,21-/m0/s1. The van der Waals surface area contributed by atoms with Crippen LogP contribution in [-0.4, -0.2) is 52.4 Å². The van der Waals surface area contributed by atoms with Gasteiger partial charge in [-0.1, -0.05) is 35.9 Å². The Kier molecular flexibility index (Phi) is 7.26. The van der Waals surface area contributed by atoms with Gasteiger partial charge in [0, 0.05) is 31.2 Å². The van der Waals surface area contributed by atoms with Gasteiger partial charge < -0.3 is 20.4 Å². The lowest BCUT2D eigenvalue weighted by Crippen LogP contribution is -2.60. The smallest absolute Gasteiger partial charge is 0.388 e. The van der Waals surface area contributed by atoms with Crippen molar-refractivity contribution in [2.75, 3.05) is 19.6 Å². The molecule has 31 heavy (non-hydrogen) atoms. The largest absolute Gasteiger partial charge is 0.416 e. The van der Waals surface area contributed by atoms with Crippen molar-refractivity contribution in [3.8, 4) is 0 Å². The van der Waals surface area contributed by atoms with Gasteiger partial charge in [0.1, 0.15) is 11.7 Å². The van der Waals surface area contributed by atoms with Crippen LogP contribution in [0, 0.1) is 0 Å². The second kappa shape index (κ2) is 9.56. The minimum Gasteiger partial charge on any atom is -0.388 e. The Balaban J connectivity index is 1.48. The fraction of sp³-hybridized carbons (Fsp3) is 0.409. The highest BCUT2D eigenvalue weighted by molar-refractivity contribution is 6.30. The van der Waals surface area contributed by atoms with Crippen molar-refractivity contribution in [3.63, 3.8) is 0 Å². The quantitative estimate of drug-likeness (QED) is 0.625. The number of rotatable bonds is 6. The molecule has 0 saturated carbocycles. The van der Waals surface area contributed by atoms with Crippen LogP contribution in [0.25, 0.3) is 0 Å². The molecule has 3 N–H and O–H groups in total. The Labute approximate surface area is 183 Å². The summed E-state index contributed by atoms with van der Waals surface area (Å²) in [6.07, 6.45) is -5.17. The van der Waals surface area contributed by atoms with Gasteiger partial charge >= 0.3 is 6.18 Å². The van der Waals surface area contributed by atoms with Crippen LogP contribution in [0.3, 0.4) is 0 Å². The molecule has 0 radical (unpaired) electrons. The number of piperidine rings is 1. The van der Waals surface area contributed by atoms with Gasteiger partial charge in [0.05, 0.1) is 12.0 Å². The van der Waals surface area contributed by atoms with Crippen LogP contribution in [0.5, 0.6) is 0 Å². The highest BCUT2D eigenvalue weighted by Crippen LogP contribution is 2.29. The highest BCUT2D eigenvalue weighted by atomic mass is 35.5. The van der Waals surface area contributed by atoms with E-state index >= 15 is 0 Å². The summed E-state index contributed by atoms with van der Waals surface area (Å²) in [6.45, 7) is 0.591. The van der Waals surface area contributed by atoms with E-state index in [0.717, 1.165) is 17.7 Å². The van der Waals surface area contributed by atoms with E-state index in [1.54, 1.807) is 24.3 Å². The first kappa shape index (κ1) is 23.5. The number of alkyl halides is 3. The number of benzene rings is 2. The Hall–Kier alpha value is -2.13. The van der Waals surface area contributed by atoms with Crippen molar-refractivity contribution in [3.05, 3.63) is 70.2 Å². The fourth-order valence-corrected chi connectivity index (χ4v) is 3.65. The van der Waals surface area contributed by atoms with Crippen molar-refractivity contribution < 1.29 is 28.2 Å². The molecule has 0 spiro atoms. The second-order valence-corrected chi connectivity index (χ2v) is 8.25. The molecular formula is C22H24ClF3N2O3. The SMILES string of the molecule is O=C(Cc1ccc(Cl)cc1)N1CC[C@](O)(CNCc2ccc(C(F)(F)F)cc2)[C@@H](O)C1. The molecule has 5 nitrogen and oxygen atoms in total. The van der Waals surface area contributed by atoms with Crippen molar-refractivity contribution in [2.24, 2.45) is 0 Å². The predicted octanol–water partition coefficient (Wildman–Crippen LogP) is 3.02. The van der Waals surface area contributed by atoms with Crippen LogP contribution in [0.4, 0.5) is 13.2 Å². The third-order valence-electron chi connectivity index (χ3n) is 5.49. The van der Waals surface area contributed by atoms with Gasteiger partial charge in [-0.25, -0.2) is 0 Å². The Morgan fingerprint density at radius 3 is 2.32 bits per heavy atom. The first-order chi connectivity index (χ1) is 14.6. The van der Waals surface area contributed by atoms with E-state index in [-0.39, 0.29) is 38.4 Å². The number of halogens is 4. The number of likely N-dealkylation sites (tertiary alicyclic amines) is 1. The fourth-order valence-electron chi connectivity index (χ4n) is 3.52. The number of β-amino-alcohol motifs (C(OH)–C–C–N with tert-alkyl or cyclic N) is 1. The summed E-state index contributed by atoms with van der Waals surface area (Å²) in [4.78, 5) is 14.0. The zero-order valence-corrected chi connectivity index (χ0v) is 17.5. The molecule has 1 amide bonds. The number of amides is 1. The minimum absolute atomic E-state index is 0.00484. The molecule has 1 saturated heterocycles. The second-order valence-electron chi connectivity index (χ2n) is 7.81.